The summed E-state index contributed by atoms with van der Waals surface area (Å²) < 4.78 is 0. The number of hydrogen-bond donors (Lipinski definition) is 0. The molecule has 0 saturated heterocycles. The predicted molar refractivity (Wildman–Crippen MR) is 22.3 cm³/mol. The van der Waals surface area contributed by atoms with Crippen LogP contribution in [-0.4, -0.2) is 16.9 Å². The Balaban J connectivity index is 3.11. The summed E-state index contributed by atoms with van der Waals surface area (Å²) in [7, 11) is 0. The standard InChI is InChI=1S/C3H5As/c1-2-3-4/h3H,1,4H2. The molecule has 0 aliphatic rings. The first-order chi connectivity index (χ1) is 1.91. The van der Waals surface area contributed by atoms with Crippen molar-refractivity contribution >= 4 is 16.9 Å². The van der Waals surface area contributed by atoms with Crippen LogP contribution in [0, 0.1) is 0 Å². The summed E-state index contributed by atoms with van der Waals surface area (Å²) in [6.07, 6.45) is 0. The Hall–Kier alpha value is 0.0784. The Bertz CT molecular complexity index is 41.2. The fourth-order valence-corrected chi connectivity index (χ4v) is 0. The molecule has 0 rings (SSSR count). The Kier molecular flexibility index (Phi) is 3.14. The van der Waals surface area contributed by atoms with E-state index >= 15 is 0 Å². The van der Waals surface area contributed by atoms with Gasteiger partial charge in [0.15, 0.2) is 0 Å². The van der Waals surface area contributed by atoms with Crippen molar-refractivity contribution in [2.45, 2.75) is 0 Å². The van der Waals surface area contributed by atoms with Crippen molar-refractivity contribution in [2.75, 3.05) is 0 Å². The molecule has 1 atom stereocenters. The summed E-state index contributed by atoms with van der Waals surface area (Å²) in [4.78, 5) is 1.83. The van der Waals surface area contributed by atoms with Crippen LogP contribution in [-0.2, 0) is 0 Å². The van der Waals surface area contributed by atoms with E-state index in [2.05, 4.69) is 12.3 Å². The normalized spacial score (nSPS) is 4.25. The maximum absolute atomic E-state index is 3.31. The van der Waals surface area contributed by atoms with Gasteiger partial charge in [-0.05, 0) is 0 Å². The van der Waals surface area contributed by atoms with Crippen molar-refractivity contribution in [3.05, 3.63) is 17.2 Å². The van der Waals surface area contributed by atoms with Gasteiger partial charge in [0.05, 0.1) is 0 Å². The van der Waals surface area contributed by atoms with Crippen molar-refractivity contribution in [1.82, 2.24) is 0 Å². The molecule has 0 spiro atoms. The van der Waals surface area contributed by atoms with Crippen molar-refractivity contribution in [2.24, 2.45) is 0 Å². The van der Waals surface area contributed by atoms with Crippen LogP contribution in [0.25, 0.3) is 0 Å². The quantitative estimate of drug-likeness (QED) is 0.306. The van der Waals surface area contributed by atoms with Crippen LogP contribution >= 0.6 is 0 Å². The van der Waals surface area contributed by atoms with E-state index < -0.39 is 0 Å². The monoisotopic (exact) mass is 116 g/mol. The van der Waals surface area contributed by atoms with Gasteiger partial charge >= 0.3 is 34.0 Å². The second-order valence-corrected chi connectivity index (χ2v) is 1.07. The van der Waals surface area contributed by atoms with Crippen molar-refractivity contribution in [1.29, 1.82) is 0 Å². The van der Waals surface area contributed by atoms with Crippen molar-refractivity contribution < 1.29 is 0 Å². The van der Waals surface area contributed by atoms with E-state index in [-0.39, 0.29) is 0 Å². The van der Waals surface area contributed by atoms with Gasteiger partial charge in [-0.3, -0.25) is 0 Å². The second-order valence-electron chi connectivity index (χ2n) is 0.371. The van der Waals surface area contributed by atoms with E-state index in [0.29, 0.717) is 0 Å². The van der Waals surface area contributed by atoms with Gasteiger partial charge in [0.25, 0.3) is 0 Å². The summed E-state index contributed by atoms with van der Waals surface area (Å²) in [6.45, 7) is 3.31. The van der Waals surface area contributed by atoms with E-state index in [4.69, 9.17) is 0 Å². The Morgan fingerprint density at radius 1 is 2.00 bits per heavy atom. The molecule has 0 aliphatic carbocycles. The SMILES string of the molecule is C=C=C[AsH2]. The van der Waals surface area contributed by atoms with E-state index in [1.54, 1.807) is 0 Å². The molecule has 0 heterocycles. The molecule has 22 valence electrons. The van der Waals surface area contributed by atoms with Crippen LogP contribution < -0.4 is 0 Å². The molecule has 0 aromatic heterocycles. The fourth-order valence-electron chi connectivity index (χ4n) is 0. The van der Waals surface area contributed by atoms with E-state index in [1.807, 2.05) is 4.86 Å². The van der Waals surface area contributed by atoms with Crippen LogP contribution in [0.15, 0.2) is 17.2 Å². The van der Waals surface area contributed by atoms with Crippen LogP contribution in [0.2, 0.25) is 0 Å². The van der Waals surface area contributed by atoms with E-state index in [1.165, 1.54) is 16.9 Å². The number of hydrogen-bond acceptors (Lipinski definition) is 0. The van der Waals surface area contributed by atoms with Gasteiger partial charge in [0.1, 0.15) is 0 Å². The first kappa shape index (κ1) is 4.08. The van der Waals surface area contributed by atoms with Gasteiger partial charge in [-0.15, -0.1) is 0 Å². The van der Waals surface area contributed by atoms with Crippen molar-refractivity contribution in [3.8, 4) is 0 Å². The molecule has 0 aromatic carbocycles. The molecule has 0 radical (unpaired) electrons. The molecule has 0 fully saturated rings. The molecule has 0 N–H and O–H groups in total. The molecule has 4 heavy (non-hydrogen) atoms. The topological polar surface area (TPSA) is 0 Å². The van der Waals surface area contributed by atoms with E-state index in [0.717, 1.165) is 0 Å². The second kappa shape index (κ2) is 3.08. The Morgan fingerprint density at radius 3 is 2.25 bits per heavy atom. The van der Waals surface area contributed by atoms with E-state index in [9.17, 15) is 0 Å². The summed E-state index contributed by atoms with van der Waals surface area (Å²) in [5, 5.41) is 0. The van der Waals surface area contributed by atoms with Crippen LogP contribution in [0.1, 0.15) is 0 Å². The third-order valence-corrected chi connectivity index (χ3v) is 0.612. The third-order valence-electron chi connectivity index (χ3n) is 0.118. The minimum atomic E-state index is 1.53. The summed E-state index contributed by atoms with van der Waals surface area (Å²) in [5.74, 6) is 0. The molecule has 0 amide bonds. The molecular formula is C3H5As. The summed E-state index contributed by atoms with van der Waals surface area (Å²) in [6, 6.07) is 0. The van der Waals surface area contributed by atoms with Gasteiger partial charge in [0, 0.05) is 0 Å². The molecule has 0 saturated carbocycles. The summed E-state index contributed by atoms with van der Waals surface area (Å²) in [5.41, 5.74) is 2.58. The molecule has 0 aromatic rings. The average Bonchev–Trinajstić information content (AvgIpc) is 1.37. The Labute approximate surface area is 34.7 Å². The molecule has 0 nitrogen and oxygen atoms in total. The number of rotatable bonds is 0. The molecule has 0 aliphatic heterocycles. The molecule has 1 unspecified atom stereocenters. The Morgan fingerprint density at radius 2 is 2.25 bits per heavy atom. The van der Waals surface area contributed by atoms with Gasteiger partial charge in [-0.2, -0.15) is 0 Å². The zero-order valence-electron chi connectivity index (χ0n) is 2.36. The first-order valence-electron chi connectivity index (χ1n) is 0.976. The molecular weight excluding hydrogens is 111 g/mol. The average molecular weight is 116 g/mol. The summed E-state index contributed by atoms with van der Waals surface area (Å²) >= 11 is 1.53. The van der Waals surface area contributed by atoms with Gasteiger partial charge in [-0.25, -0.2) is 0 Å². The maximum atomic E-state index is 3.31. The first-order valence-corrected chi connectivity index (χ1v) is 2.37. The van der Waals surface area contributed by atoms with Gasteiger partial charge in [-0.1, -0.05) is 0 Å². The zero-order chi connectivity index (χ0) is 3.41. The third kappa shape index (κ3) is 2.08. The predicted octanol–water partition coefficient (Wildman–Crippen LogP) is -0.0819. The van der Waals surface area contributed by atoms with Crippen LogP contribution in [0.5, 0.6) is 0 Å². The van der Waals surface area contributed by atoms with Gasteiger partial charge < -0.3 is 0 Å². The fraction of sp³-hybridized carbons (Fsp3) is 0. The van der Waals surface area contributed by atoms with Crippen LogP contribution in [0.3, 0.4) is 0 Å². The zero-order valence-corrected chi connectivity index (χ0v) is 4.78. The molecule has 1 heteroatoms. The van der Waals surface area contributed by atoms with Gasteiger partial charge in [0.2, 0.25) is 0 Å². The van der Waals surface area contributed by atoms with Crippen molar-refractivity contribution in [3.63, 3.8) is 0 Å². The minimum absolute atomic E-state index is 1.53. The van der Waals surface area contributed by atoms with Crippen LogP contribution in [0.4, 0.5) is 0 Å². The molecule has 0 bridgehead atoms.